The summed E-state index contributed by atoms with van der Waals surface area (Å²) in [6.45, 7) is 0. The molecule has 0 fully saturated rings. The summed E-state index contributed by atoms with van der Waals surface area (Å²) in [6, 6.07) is 2.58. The molecule has 84 valence electrons. The lowest BCUT2D eigenvalue weighted by atomic mass is 10.4. The summed E-state index contributed by atoms with van der Waals surface area (Å²) in [5, 5.41) is -0.0958. The summed E-state index contributed by atoms with van der Waals surface area (Å²) in [4.78, 5) is 3.62. The summed E-state index contributed by atoms with van der Waals surface area (Å²) in [5.74, 6) is 0. The molecule has 0 spiro atoms. The van der Waals surface area contributed by atoms with E-state index in [1.165, 1.54) is 12.1 Å². The molecule has 0 aromatic carbocycles. The average Bonchev–Trinajstić information content (AvgIpc) is 2.00. The first-order valence-electron chi connectivity index (χ1n) is 3.82. The van der Waals surface area contributed by atoms with Crippen LogP contribution in [0, 0.1) is 0 Å². The second-order valence-electron chi connectivity index (χ2n) is 3.03. The quantitative estimate of drug-likeness (QED) is 0.805. The third-order valence-corrected chi connectivity index (χ3v) is 3.03. The highest BCUT2D eigenvalue weighted by atomic mass is 32.2. The van der Waals surface area contributed by atoms with Gasteiger partial charge in [-0.1, -0.05) is 0 Å². The molecular weight excluding hydrogens is 240 g/mol. The molecule has 0 saturated carbocycles. The van der Waals surface area contributed by atoms with E-state index in [4.69, 9.17) is 0 Å². The number of rotatable bonds is 3. The number of anilines is 1. The fourth-order valence-electron chi connectivity index (χ4n) is 0.874. The zero-order chi connectivity index (χ0) is 11.7. The molecule has 1 N–H and O–H groups in total. The molecule has 0 aliphatic carbocycles. The molecule has 0 amide bonds. The number of hydrogen-bond donors (Lipinski definition) is 1. The molecule has 0 saturated heterocycles. The minimum atomic E-state index is -3.36. The van der Waals surface area contributed by atoms with E-state index < -0.39 is 19.9 Å². The predicted molar refractivity (Wildman–Crippen MR) is 55.8 cm³/mol. The number of nitrogens with one attached hydrogen (secondary N) is 1. The molecule has 0 aliphatic rings. The van der Waals surface area contributed by atoms with Crippen LogP contribution in [-0.4, -0.2) is 34.3 Å². The Morgan fingerprint density at radius 3 is 2.07 bits per heavy atom. The second kappa shape index (κ2) is 3.78. The van der Waals surface area contributed by atoms with Gasteiger partial charge in [0.25, 0.3) is 0 Å². The number of aromatic nitrogens is 1. The molecule has 0 unspecified atom stereocenters. The average molecular weight is 250 g/mol. The van der Waals surface area contributed by atoms with Gasteiger partial charge in [-0.25, -0.2) is 21.8 Å². The smallest absolute Gasteiger partial charge is 0.229 e. The van der Waals surface area contributed by atoms with Crippen LogP contribution in [0.4, 0.5) is 5.69 Å². The van der Waals surface area contributed by atoms with Crippen molar-refractivity contribution >= 4 is 25.5 Å². The van der Waals surface area contributed by atoms with Gasteiger partial charge in [-0.3, -0.25) is 4.72 Å². The predicted octanol–water partition coefficient (Wildman–Crippen LogP) is -0.143. The lowest BCUT2D eigenvalue weighted by Crippen LogP contribution is -2.10. The van der Waals surface area contributed by atoms with E-state index in [0.29, 0.717) is 0 Å². The molecule has 0 bridgehead atoms. The van der Waals surface area contributed by atoms with Crippen molar-refractivity contribution in [1.29, 1.82) is 0 Å². The number of pyridine rings is 1. The fraction of sp³-hybridized carbons (Fsp3) is 0.286. The third kappa shape index (κ3) is 3.84. The molecule has 0 atom stereocenters. The van der Waals surface area contributed by atoms with Crippen LogP contribution >= 0.6 is 0 Å². The minimum Gasteiger partial charge on any atom is -0.282 e. The van der Waals surface area contributed by atoms with Crippen molar-refractivity contribution in [3.8, 4) is 0 Å². The van der Waals surface area contributed by atoms with Crippen LogP contribution in [0.25, 0.3) is 0 Å². The van der Waals surface area contributed by atoms with Gasteiger partial charge in [0.1, 0.15) is 0 Å². The van der Waals surface area contributed by atoms with Gasteiger partial charge < -0.3 is 0 Å². The summed E-state index contributed by atoms with van der Waals surface area (Å²) in [6.07, 6.45) is 3.17. The Balaban J connectivity index is 3.02. The van der Waals surface area contributed by atoms with Crippen molar-refractivity contribution in [1.82, 2.24) is 4.98 Å². The molecule has 6 nitrogen and oxygen atoms in total. The normalized spacial score (nSPS) is 12.4. The van der Waals surface area contributed by atoms with Gasteiger partial charge in [0.05, 0.1) is 18.1 Å². The maximum Gasteiger partial charge on any atom is 0.229 e. The monoisotopic (exact) mass is 250 g/mol. The van der Waals surface area contributed by atoms with Crippen LogP contribution in [0.3, 0.4) is 0 Å². The summed E-state index contributed by atoms with van der Waals surface area (Å²) < 4.78 is 45.9. The first-order valence-corrected chi connectivity index (χ1v) is 7.61. The van der Waals surface area contributed by atoms with E-state index >= 15 is 0 Å². The maximum atomic E-state index is 11.0. The SMILES string of the molecule is CS(=O)(=O)Nc1ccc(S(C)(=O)=O)nc1. The minimum absolute atomic E-state index is 0.0958. The lowest BCUT2D eigenvalue weighted by Gasteiger charge is -2.03. The Morgan fingerprint density at radius 2 is 1.73 bits per heavy atom. The Bertz CT molecular complexity index is 545. The van der Waals surface area contributed by atoms with Crippen molar-refractivity contribution in [3.05, 3.63) is 18.3 Å². The van der Waals surface area contributed by atoms with Gasteiger partial charge in [0, 0.05) is 6.26 Å². The van der Waals surface area contributed by atoms with Crippen molar-refractivity contribution in [2.24, 2.45) is 0 Å². The van der Waals surface area contributed by atoms with Crippen LogP contribution in [0.5, 0.6) is 0 Å². The molecule has 0 aliphatic heterocycles. The van der Waals surface area contributed by atoms with E-state index in [2.05, 4.69) is 9.71 Å². The van der Waals surface area contributed by atoms with Gasteiger partial charge in [-0.15, -0.1) is 0 Å². The van der Waals surface area contributed by atoms with Crippen molar-refractivity contribution in [3.63, 3.8) is 0 Å². The summed E-state index contributed by atoms with van der Waals surface area (Å²) >= 11 is 0. The van der Waals surface area contributed by atoms with Crippen LogP contribution in [0.1, 0.15) is 0 Å². The molecule has 15 heavy (non-hydrogen) atoms. The van der Waals surface area contributed by atoms with Crippen molar-refractivity contribution < 1.29 is 16.8 Å². The molecule has 1 aromatic rings. The van der Waals surface area contributed by atoms with E-state index in [-0.39, 0.29) is 10.7 Å². The Hall–Kier alpha value is -1.15. The van der Waals surface area contributed by atoms with Crippen LogP contribution in [0.2, 0.25) is 0 Å². The molecular formula is C7H10N2O4S2. The largest absolute Gasteiger partial charge is 0.282 e. The molecule has 8 heteroatoms. The van der Waals surface area contributed by atoms with Crippen molar-refractivity contribution in [2.45, 2.75) is 5.03 Å². The maximum absolute atomic E-state index is 11.0. The third-order valence-electron chi connectivity index (χ3n) is 1.42. The summed E-state index contributed by atoms with van der Waals surface area (Å²) in [7, 11) is -6.72. The molecule has 0 radical (unpaired) electrons. The number of nitrogens with zero attached hydrogens (tertiary/aromatic N) is 1. The number of sulfonamides is 1. The molecule has 1 rings (SSSR count). The zero-order valence-corrected chi connectivity index (χ0v) is 9.76. The van der Waals surface area contributed by atoms with E-state index in [9.17, 15) is 16.8 Å². The lowest BCUT2D eigenvalue weighted by molar-refractivity contribution is 0.598. The molecule has 1 heterocycles. The number of sulfone groups is 1. The standard InChI is InChI=1S/C7H10N2O4S2/c1-14(10,11)7-4-3-6(5-8-7)9-15(2,12)13/h3-5,9H,1-2H3. The van der Waals surface area contributed by atoms with E-state index in [1.54, 1.807) is 0 Å². The first kappa shape index (κ1) is 11.9. The van der Waals surface area contributed by atoms with Gasteiger partial charge in [0.15, 0.2) is 14.9 Å². The van der Waals surface area contributed by atoms with Gasteiger partial charge in [0.2, 0.25) is 10.0 Å². The molecule has 1 aromatic heterocycles. The number of hydrogen-bond acceptors (Lipinski definition) is 5. The Kier molecular flexibility index (Phi) is 3.00. The Morgan fingerprint density at radius 1 is 1.13 bits per heavy atom. The zero-order valence-electron chi connectivity index (χ0n) is 8.13. The van der Waals surface area contributed by atoms with Crippen LogP contribution in [0.15, 0.2) is 23.4 Å². The topological polar surface area (TPSA) is 93.2 Å². The van der Waals surface area contributed by atoms with E-state index in [1.807, 2.05) is 0 Å². The van der Waals surface area contributed by atoms with Crippen LogP contribution in [-0.2, 0) is 19.9 Å². The fourth-order valence-corrected chi connectivity index (χ4v) is 1.98. The highest BCUT2D eigenvalue weighted by Gasteiger charge is 2.09. The second-order valence-corrected chi connectivity index (χ2v) is 6.74. The van der Waals surface area contributed by atoms with Crippen LogP contribution < -0.4 is 4.72 Å². The van der Waals surface area contributed by atoms with Gasteiger partial charge >= 0.3 is 0 Å². The van der Waals surface area contributed by atoms with Gasteiger partial charge in [-0.2, -0.15) is 0 Å². The Labute approximate surface area is 88.3 Å². The highest BCUT2D eigenvalue weighted by molar-refractivity contribution is 7.92. The first-order chi connectivity index (χ1) is 6.68. The van der Waals surface area contributed by atoms with Crippen molar-refractivity contribution in [2.75, 3.05) is 17.2 Å². The highest BCUT2D eigenvalue weighted by Crippen LogP contribution is 2.10. The summed E-state index contributed by atoms with van der Waals surface area (Å²) in [5.41, 5.74) is 0.227. The van der Waals surface area contributed by atoms with Gasteiger partial charge in [-0.05, 0) is 12.1 Å². The van der Waals surface area contributed by atoms with E-state index in [0.717, 1.165) is 18.7 Å².